The third-order valence-electron chi connectivity index (χ3n) is 4.04. The van der Waals surface area contributed by atoms with Crippen molar-refractivity contribution < 1.29 is 9.59 Å². The molecule has 3 heterocycles. The Morgan fingerprint density at radius 2 is 1.18 bits per heavy atom. The number of aldehydes is 2. The molecule has 22 heavy (non-hydrogen) atoms. The lowest BCUT2D eigenvalue weighted by Crippen LogP contribution is -2.45. The Bertz CT molecular complexity index is 582. The summed E-state index contributed by atoms with van der Waals surface area (Å²) < 4.78 is 0. The Balaban J connectivity index is 1.47. The molecule has 0 aromatic carbocycles. The van der Waals surface area contributed by atoms with Gasteiger partial charge in [0.2, 0.25) is 0 Å². The maximum absolute atomic E-state index is 10.7. The van der Waals surface area contributed by atoms with Gasteiger partial charge in [-0.15, -0.1) is 0 Å². The molecule has 0 atom stereocenters. The van der Waals surface area contributed by atoms with Crippen LogP contribution in [0.1, 0.15) is 32.4 Å². The summed E-state index contributed by atoms with van der Waals surface area (Å²) in [5, 5.41) is 0. The largest absolute Gasteiger partial charge is 0.355 e. The minimum atomic E-state index is 0.631. The van der Waals surface area contributed by atoms with Crippen LogP contribution in [-0.2, 0) is 13.1 Å². The fourth-order valence-corrected chi connectivity index (χ4v) is 2.83. The van der Waals surface area contributed by atoms with Gasteiger partial charge in [0.05, 0.1) is 11.4 Å². The average molecular weight is 300 g/mol. The molecule has 1 aliphatic heterocycles. The van der Waals surface area contributed by atoms with E-state index in [1.165, 1.54) is 0 Å². The zero-order chi connectivity index (χ0) is 15.4. The number of H-pyrrole nitrogens is 2. The first-order chi connectivity index (χ1) is 10.8. The van der Waals surface area contributed by atoms with Crippen LogP contribution < -0.4 is 0 Å². The van der Waals surface area contributed by atoms with E-state index in [2.05, 4.69) is 19.8 Å². The van der Waals surface area contributed by atoms with Crippen LogP contribution >= 0.6 is 0 Å². The summed E-state index contributed by atoms with van der Waals surface area (Å²) in [6, 6.07) is 7.56. The van der Waals surface area contributed by atoms with Gasteiger partial charge in [-0.2, -0.15) is 0 Å². The van der Waals surface area contributed by atoms with Crippen molar-refractivity contribution >= 4 is 12.6 Å². The highest BCUT2D eigenvalue weighted by Gasteiger charge is 2.18. The zero-order valence-corrected chi connectivity index (χ0v) is 12.4. The number of hydrogen-bond donors (Lipinski definition) is 2. The third-order valence-corrected chi connectivity index (χ3v) is 4.04. The van der Waals surface area contributed by atoms with Crippen molar-refractivity contribution in [3.05, 3.63) is 47.0 Å². The molecule has 0 radical (unpaired) electrons. The first-order valence-corrected chi connectivity index (χ1v) is 7.47. The number of carbonyl (C=O) groups excluding carboxylic acids is 2. The SMILES string of the molecule is O=Cc1ccc(CN2CCN(Cc3ccc(C=O)[nH]3)CC2)[nH]1. The van der Waals surface area contributed by atoms with Crippen LogP contribution in [0.4, 0.5) is 0 Å². The van der Waals surface area contributed by atoms with E-state index >= 15 is 0 Å². The minimum absolute atomic E-state index is 0.631. The lowest BCUT2D eigenvalue weighted by molar-refractivity contribution is 0.110. The van der Waals surface area contributed by atoms with Crippen LogP contribution in [0.2, 0.25) is 0 Å². The molecule has 3 rings (SSSR count). The standard InChI is InChI=1S/C16H20N4O2/c21-11-15-3-1-13(17-15)9-19-5-7-20(8-6-19)10-14-2-4-16(12-22)18-14/h1-4,11-12,17-18H,5-10H2. The first-order valence-electron chi connectivity index (χ1n) is 7.47. The molecule has 0 amide bonds. The second-order valence-corrected chi connectivity index (χ2v) is 5.67. The Labute approximate surface area is 129 Å². The first kappa shape index (κ1) is 14.7. The molecule has 0 bridgehead atoms. The van der Waals surface area contributed by atoms with Crippen LogP contribution in [0.15, 0.2) is 24.3 Å². The second-order valence-electron chi connectivity index (χ2n) is 5.67. The van der Waals surface area contributed by atoms with Crippen molar-refractivity contribution in [3.8, 4) is 0 Å². The highest BCUT2D eigenvalue weighted by molar-refractivity contribution is 5.72. The molecule has 1 aliphatic rings. The predicted molar refractivity (Wildman–Crippen MR) is 82.9 cm³/mol. The van der Waals surface area contributed by atoms with E-state index in [1.807, 2.05) is 24.3 Å². The Hall–Kier alpha value is -2.18. The predicted octanol–water partition coefficient (Wildman–Crippen LogP) is 1.29. The lowest BCUT2D eigenvalue weighted by Gasteiger charge is -2.34. The zero-order valence-electron chi connectivity index (χ0n) is 12.4. The summed E-state index contributed by atoms with van der Waals surface area (Å²) in [4.78, 5) is 32.3. The van der Waals surface area contributed by atoms with Gasteiger partial charge in [0.15, 0.2) is 12.6 Å². The Morgan fingerprint density at radius 3 is 1.50 bits per heavy atom. The van der Waals surface area contributed by atoms with Crippen LogP contribution in [-0.4, -0.2) is 58.5 Å². The van der Waals surface area contributed by atoms with E-state index in [0.29, 0.717) is 11.4 Å². The Kier molecular flexibility index (Phi) is 4.50. The van der Waals surface area contributed by atoms with E-state index in [4.69, 9.17) is 0 Å². The summed E-state index contributed by atoms with van der Waals surface area (Å²) in [6.07, 6.45) is 1.68. The molecule has 6 nitrogen and oxygen atoms in total. The fraction of sp³-hybridized carbons (Fsp3) is 0.375. The maximum atomic E-state index is 10.7. The number of rotatable bonds is 6. The fourth-order valence-electron chi connectivity index (χ4n) is 2.83. The molecule has 0 unspecified atom stereocenters. The molecule has 0 saturated carbocycles. The number of aromatic amines is 2. The molecular weight excluding hydrogens is 280 g/mol. The van der Waals surface area contributed by atoms with Gasteiger partial charge in [-0.3, -0.25) is 19.4 Å². The summed E-state index contributed by atoms with van der Waals surface area (Å²) in [5.74, 6) is 0. The van der Waals surface area contributed by atoms with Crippen molar-refractivity contribution in [2.24, 2.45) is 0 Å². The molecular formula is C16H20N4O2. The molecule has 0 aliphatic carbocycles. The van der Waals surface area contributed by atoms with E-state index in [1.54, 1.807) is 0 Å². The van der Waals surface area contributed by atoms with Crippen molar-refractivity contribution in [3.63, 3.8) is 0 Å². The van der Waals surface area contributed by atoms with E-state index < -0.39 is 0 Å². The molecule has 6 heteroatoms. The minimum Gasteiger partial charge on any atom is -0.355 e. The Morgan fingerprint density at radius 1 is 0.773 bits per heavy atom. The number of nitrogens with zero attached hydrogens (tertiary/aromatic N) is 2. The molecule has 116 valence electrons. The van der Waals surface area contributed by atoms with E-state index in [-0.39, 0.29) is 0 Å². The van der Waals surface area contributed by atoms with Crippen molar-refractivity contribution in [1.82, 2.24) is 19.8 Å². The summed E-state index contributed by atoms with van der Waals surface area (Å²) in [6.45, 7) is 5.68. The monoisotopic (exact) mass is 300 g/mol. The van der Waals surface area contributed by atoms with Crippen LogP contribution in [0.3, 0.4) is 0 Å². The van der Waals surface area contributed by atoms with Gasteiger partial charge in [-0.1, -0.05) is 0 Å². The van der Waals surface area contributed by atoms with Crippen molar-refractivity contribution in [1.29, 1.82) is 0 Å². The summed E-state index contributed by atoms with van der Waals surface area (Å²) in [7, 11) is 0. The van der Waals surface area contributed by atoms with Crippen molar-refractivity contribution in [2.45, 2.75) is 13.1 Å². The van der Waals surface area contributed by atoms with Gasteiger partial charge < -0.3 is 9.97 Å². The highest BCUT2D eigenvalue weighted by Crippen LogP contribution is 2.11. The molecule has 2 aromatic heterocycles. The van der Waals surface area contributed by atoms with Crippen LogP contribution in [0, 0.1) is 0 Å². The number of hydrogen-bond acceptors (Lipinski definition) is 4. The van der Waals surface area contributed by atoms with Crippen LogP contribution in [0.5, 0.6) is 0 Å². The van der Waals surface area contributed by atoms with Gasteiger partial charge in [-0.05, 0) is 24.3 Å². The molecule has 0 spiro atoms. The number of carbonyl (C=O) groups is 2. The maximum Gasteiger partial charge on any atom is 0.166 e. The molecule has 2 aromatic rings. The molecule has 1 saturated heterocycles. The normalized spacial score (nSPS) is 16.7. The van der Waals surface area contributed by atoms with E-state index in [9.17, 15) is 9.59 Å². The average Bonchev–Trinajstić information content (AvgIpc) is 3.18. The van der Waals surface area contributed by atoms with Gasteiger partial charge in [-0.25, -0.2) is 0 Å². The third kappa shape index (κ3) is 3.52. The van der Waals surface area contributed by atoms with Gasteiger partial charge in [0, 0.05) is 50.7 Å². The lowest BCUT2D eigenvalue weighted by atomic mass is 10.2. The molecule has 1 fully saturated rings. The topological polar surface area (TPSA) is 72.2 Å². The molecule has 2 N–H and O–H groups in total. The second kappa shape index (κ2) is 6.72. The van der Waals surface area contributed by atoms with E-state index in [0.717, 1.165) is 63.2 Å². The van der Waals surface area contributed by atoms with Gasteiger partial charge in [0.25, 0.3) is 0 Å². The van der Waals surface area contributed by atoms with Gasteiger partial charge >= 0.3 is 0 Å². The number of aromatic nitrogens is 2. The van der Waals surface area contributed by atoms with Crippen LogP contribution in [0.25, 0.3) is 0 Å². The number of piperazine rings is 1. The smallest absolute Gasteiger partial charge is 0.166 e. The number of nitrogens with one attached hydrogen (secondary N) is 2. The van der Waals surface area contributed by atoms with Crippen molar-refractivity contribution in [2.75, 3.05) is 26.2 Å². The van der Waals surface area contributed by atoms with Gasteiger partial charge in [0.1, 0.15) is 0 Å². The summed E-state index contributed by atoms with van der Waals surface area (Å²) in [5.41, 5.74) is 3.42. The highest BCUT2D eigenvalue weighted by atomic mass is 16.1. The quantitative estimate of drug-likeness (QED) is 0.789. The summed E-state index contributed by atoms with van der Waals surface area (Å²) >= 11 is 0.